The van der Waals surface area contributed by atoms with Crippen LogP contribution in [0.25, 0.3) is 0 Å². The SMILES string of the molecule is COc1cc(Sc2ncc[nH]2)c(N)cc1F. The van der Waals surface area contributed by atoms with Gasteiger partial charge in [-0.3, -0.25) is 0 Å². The number of methoxy groups -OCH3 is 1. The van der Waals surface area contributed by atoms with Crippen molar-refractivity contribution in [1.82, 2.24) is 9.97 Å². The number of nitrogens with one attached hydrogen (secondary N) is 1. The Morgan fingerprint density at radius 2 is 2.31 bits per heavy atom. The molecule has 0 radical (unpaired) electrons. The van der Waals surface area contributed by atoms with Crippen LogP contribution in [0, 0.1) is 5.82 Å². The van der Waals surface area contributed by atoms with E-state index < -0.39 is 5.82 Å². The third-order valence-electron chi connectivity index (χ3n) is 1.96. The van der Waals surface area contributed by atoms with Crippen LogP contribution < -0.4 is 10.5 Å². The summed E-state index contributed by atoms with van der Waals surface area (Å²) >= 11 is 1.32. The topological polar surface area (TPSA) is 63.9 Å². The number of nitrogens with zero attached hydrogens (tertiary/aromatic N) is 1. The maximum absolute atomic E-state index is 13.3. The van der Waals surface area contributed by atoms with Crippen molar-refractivity contribution in [2.75, 3.05) is 12.8 Å². The van der Waals surface area contributed by atoms with Crippen molar-refractivity contribution < 1.29 is 9.13 Å². The van der Waals surface area contributed by atoms with E-state index in [1.54, 1.807) is 18.5 Å². The van der Waals surface area contributed by atoms with Crippen LogP contribution in [0.15, 0.2) is 34.6 Å². The van der Waals surface area contributed by atoms with Crippen LogP contribution in [0.5, 0.6) is 5.75 Å². The highest BCUT2D eigenvalue weighted by atomic mass is 32.2. The van der Waals surface area contributed by atoms with E-state index >= 15 is 0 Å². The maximum atomic E-state index is 13.3. The zero-order chi connectivity index (χ0) is 11.5. The lowest BCUT2D eigenvalue weighted by atomic mass is 10.3. The third kappa shape index (κ3) is 2.11. The number of hydrogen-bond donors (Lipinski definition) is 2. The van der Waals surface area contributed by atoms with Gasteiger partial charge in [0.05, 0.1) is 7.11 Å². The first-order chi connectivity index (χ1) is 7.70. The van der Waals surface area contributed by atoms with Crippen LogP contribution in [-0.2, 0) is 0 Å². The van der Waals surface area contributed by atoms with Gasteiger partial charge in [0, 0.05) is 29.0 Å². The van der Waals surface area contributed by atoms with E-state index in [-0.39, 0.29) is 5.75 Å². The smallest absolute Gasteiger partial charge is 0.170 e. The van der Waals surface area contributed by atoms with E-state index in [9.17, 15) is 4.39 Å². The number of benzene rings is 1. The normalized spacial score (nSPS) is 10.4. The van der Waals surface area contributed by atoms with Gasteiger partial charge in [0.25, 0.3) is 0 Å². The van der Waals surface area contributed by atoms with Gasteiger partial charge >= 0.3 is 0 Å². The summed E-state index contributed by atoms with van der Waals surface area (Å²) in [6, 6.07) is 2.79. The quantitative estimate of drug-likeness (QED) is 0.807. The molecule has 1 heterocycles. The molecule has 0 unspecified atom stereocenters. The number of H-pyrrole nitrogens is 1. The van der Waals surface area contributed by atoms with Crippen LogP contribution in [0.2, 0.25) is 0 Å². The largest absolute Gasteiger partial charge is 0.494 e. The molecule has 0 bridgehead atoms. The first-order valence-electron chi connectivity index (χ1n) is 4.51. The molecule has 0 fully saturated rings. The number of aromatic nitrogens is 2. The molecule has 3 N–H and O–H groups in total. The summed E-state index contributed by atoms with van der Waals surface area (Å²) in [5, 5.41) is 0.695. The molecule has 6 heteroatoms. The molecule has 84 valence electrons. The van der Waals surface area contributed by atoms with E-state index in [0.717, 1.165) is 0 Å². The second-order valence-electron chi connectivity index (χ2n) is 3.02. The van der Waals surface area contributed by atoms with Crippen molar-refractivity contribution in [1.29, 1.82) is 0 Å². The number of ether oxygens (including phenoxy) is 1. The molecule has 1 aromatic heterocycles. The Bertz CT molecular complexity index is 487. The molecule has 0 amide bonds. The Morgan fingerprint density at radius 1 is 1.50 bits per heavy atom. The average Bonchev–Trinajstić information content (AvgIpc) is 2.75. The highest BCUT2D eigenvalue weighted by Crippen LogP contribution is 2.34. The van der Waals surface area contributed by atoms with Crippen LogP contribution in [0.1, 0.15) is 0 Å². The van der Waals surface area contributed by atoms with Gasteiger partial charge in [-0.25, -0.2) is 9.37 Å². The monoisotopic (exact) mass is 239 g/mol. The summed E-state index contributed by atoms with van der Waals surface area (Å²) in [5.74, 6) is -0.299. The van der Waals surface area contributed by atoms with E-state index in [0.29, 0.717) is 15.7 Å². The number of anilines is 1. The molecule has 1 aromatic carbocycles. The first-order valence-corrected chi connectivity index (χ1v) is 5.32. The van der Waals surface area contributed by atoms with Crippen molar-refractivity contribution in [2.24, 2.45) is 0 Å². The van der Waals surface area contributed by atoms with Gasteiger partial charge in [-0.2, -0.15) is 0 Å². The molecule has 4 nitrogen and oxygen atoms in total. The summed E-state index contributed by atoms with van der Waals surface area (Å²) in [7, 11) is 1.41. The Hall–Kier alpha value is -1.69. The maximum Gasteiger partial charge on any atom is 0.170 e. The standard InChI is InChI=1S/C10H10FN3OS/c1-15-8-5-9(7(12)4-6(8)11)16-10-13-2-3-14-10/h2-5H,12H2,1H3,(H,13,14). The Kier molecular flexibility index (Phi) is 3.00. The molecule has 0 atom stereocenters. The van der Waals surface area contributed by atoms with Crippen molar-refractivity contribution in [3.63, 3.8) is 0 Å². The highest BCUT2D eigenvalue weighted by molar-refractivity contribution is 7.99. The Labute approximate surface area is 96.0 Å². The molecule has 16 heavy (non-hydrogen) atoms. The Morgan fingerprint density at radius 3 is 2.94 bits per heavy atom. The summed E-state index contributed by atoms with van der Waals surface area (Å²) in [4.78, 5) is 7.68. The minimum atomic E-state index is -0.469. The first kappa shape index (κ1) is 10.8. The fourth-order valence-electron chi connectivity index (χ4n) is 1.21. The number of nitrogen functional groups attached to an aromatic ring is 1. The van der Waals surface area contributed by atoms with Gasteiger partial charge in [-0.1, -0.05) is 0 Å². The van der Waals surface area contributed by atoms with E-state index in [2.05, 4.69) is 9.97 Å². The number of nitrogens with two attached hydrogens (primary N) is 1. The van der Waals surface area contributed by atoms with Crippen LogP contribution in [0.4, 0.5) is 10.1 Å². The second kappa shape index (κ2) is 4.44. The molecular formula is C10H10FN3OS. The third-order valence-corrected chi connectivity index (χ3v) is 2.95. The predicted octanol–water partition coefficient (Wildman–Crippen LogP) is 2.29. The lowest BCUT2D eigenvalue weighted by Gasteiger charge is -2.07. The molecule has 0 aliphatic rings. The van der Waals surface area contributed by atoms with Crippen molar-refractivity contribution >= 4 is 17.4 Å². The van der Waals surface area contributed by atoms with Crippen LogP contribution >= 0.6 is 11.8 Å². The van der Waals surface area contributed by atoms with E-state index in [4.69, 9.17) is 10.5 Å². The number of halogens is 1. The minimum absolute atomic E-state index is 0.170. The minimum Gasteiger partial charge on any atom is -0.494 e. The lowest BCUT2D eigenvalue weighted by Crippen LogP contribution is -1.94. The van der Waals surface area contributed by atoms with Gasteiger partial charge in [-0.15, -0.1) is 0 Å². The zero-order valence-corrected chi connectivity index (χ0v) is 9.34. The second-order valence-corrected chi connectivity index (χ2v) is 4.05. The van der Waals surface area contributed by atoms with Crippen molar-refractivity contribution in [3.8, 4) is 5.75 Å². The molecule has 0 saturated heterocycles. The van der Waals surface area contributed by atoms with Gasteiger partial charge in [0.2, 0.25) is 0 Å². The number of rotatable bonds is 3. The summed E-state index contributed by atoms with van der Waals surface area (Å²) in [5.41, 5.74) is 6.06. The molecule has 2 rings (SSSR count). The summed E-state index contributed by atoms with van der Waals surface area (Å²) in [6.45, 7) is 0. The van der Waals surface area contributed by atoms with E-state index in [1.807, 2.05) is 0 Å². The fraction of sp³-hybridized carbons (Fsp3) is 0.100. The van der Waals surface area contributed by atoms with Gasteiger partial charge < -0.3 is 15.5 Å². The average molecular weight is 239 g/mol. The predicted molar refractivity (Wildman–Crippen MR) is 60.1 cm³/mol. The number of hydrogen-bond acceptors (Lipinski definition) is 4. The molecule has 0 aliphatic carbocycles. The molecular weight excluding hydrogens is 229 g/mol. The summed E-state index contributed by atoms with van der Waals surface area (Å²) in [6.07, 6.45) is 3.35. The highest BCUT2D eigenvalue weighted by Gasteiger charge is 2.10. The fourth-order valence-corrected chi connectivity index (χ4v) is 2.00. The van der Waals surface area contributed by atoms with Gasteiger partial charge in [0.15, 0.2) is 16.7 Å². The lowest BCUT2D eigenvalue weighted by molar-refractivity contribution is 0.385. The molecule has 2 aromatic rings. The Balaban J connectivity index is 2.33. The van der Waals surface area contributed by atoms with Crippen molar-refractivity contribution in [3.05, 3.63) is 30.3 Å². The molecule has 0 aliphatic heterocycles. The number of aromatic amines is 1. The van der Waals surface area contributed by atoms with Gasteiger partial charge in [-0.05, 0) is 17.8 Å². The number of imidazole rings is 1. The van der Waals surface area contributed by atoms with Crippen LogP contribution in [0.3, 0.4) is 0 Å². The van der Waals surface area contributed by atoms with Crippen LogP contribution in [-0.4, -0.2) is 17.1 Å². The van der Waals surface area contributed by atoms with Gasteiger partial charge in [0.1, 0.15) is 0 Å². The molecule has 0 spiro atoms. The van der Waals surface area contributed by atoms with E-state index in [1.165, 1.54) is 24.9 Å². The molecule has 0 saturated carbocycles. The summed E-state index contributed by atoms with van der Waals surface area (Å²) < 4.78 is 18.2. The zero-order valence-electron chi connectivity index (χ0n) is 8.53. The van der Waals surface area contributed by atoms with Crippen molar-refractivity contribution in [2.45, 2.75) is 10.1 Å².